The second-order valence-corrected chi connectivity index (χ2v) is 9.18. The largest absolute Gasteiger partial charge is 0.508 e. The lowest BCUT2D eigenvalue weighted by Crippen LogP contribution is -2.28. The van der Waals surface area contributed by atoms with Gasteiger partial charge in [-0.25, -0.2) is 0 Å². The number of benzene rings is 3. The maximum absolute atomic E-state index is 12.6. The zero-order valence-electron chi connectivity index (χ0n) is 20.6. The molecule has 1 aromatic heterocycles. The Kier molecular flexibility index (Phi) is 7.08. The average molecular weight is 483 g/mol. The van der Waals surface area contributed by atoms with Gasteiger partial charge in [0.2, 0.25) is 5.91 Å². The lowest BCUT2D eigenvalue weighted by Gasteiger charge is -2.28. The van der Waals surface area contributed by atoms with E-state index in [1.54, 1.807) is 24.3 Å². The van der Waals surface area contributed by atoms with Gasteiger partial charge in [0.25, 0.3) is 0 Å². The number of carbonyl (C=O) groups is 2. The molecule has 1 amide bonds. The molecule has 1 unspecified atom stereocenters. The maximum Gasteiger partial charge on any atom is 0.217 e. The zero-order chi connectivity index (χ0) is 25.9. The minimum absolute atomic E-state index is 0.0300. The van der Waals surface area contributed by atoms with Crippen LogP contribution in [-0.2, 0) is 21.7 Å². The number of aliphatic hydroxyl groups is 2. The number of aromatic amines is 1. The number of carbonyl (C=O) groups excluding carboxylic acids is 2. The minimum Gasteiger partial charge on any atom is -0.508 e. The van der Waals surface area contributed by atoms with E-state index in [0.29, 0.717) is 17.5 Å². The summed E-state index contributed by atoms with van der Waals surface area (Å²) in [5.74, 6) is -1.34. The van der Waals surface area contributed by atoms with Crippen LogP contribution >= 0.6 is 0 Å². The third-order valence-electron chi connectivity index (χ3n) is 6.54. The van der Waals surface area contributed by atoms with Crippen molar-refractivity contribution in [1.29, 1.82) is 0 Å². The predicted octanol–water partition coefficient (Wildman–Crippen LogP) is 5.16. The molecule has 0 bridgehead atoms. The average Bonchev–Trinajstić information content (AvgIpc) is 3.23. The fraction of sp³-hybridized carbons (Fsp3) is 0.200. The summed E-state index contributed by atoms with van der Waals surface area (Å²) in [5, 5.41) is 26.6. The van der Waals surface area contributed by atoms with Crippen molar-refractivity contribution in [3.8, 4) is 0 Å². The summed E-state index contributed by atoms with van der Waals surface area (Å²) in [6.07, 6.45) is 0.601. The van der Waals surface area contributed by atoms with Gasteiger partial charge in [0.1, 0.15) is 11.4 Å². The van der Waals surface area contributed by atoms with Gasteiger partial charge in [-0.2, -0.15) is 0 Å². The van der Waals surface area contributed by atoms with Crippen molar-refractivity contribution in [2.75, 3.05) is 0 Å². The van der Waals surface area contributed by atoms with Crippen molar-refractivity contribution in [2.24, 2.45) is 0 Å². The first kappa shape index (κ1) is 24.9. The van der Waals surface area contributed by atoms with Gasteiger partial charge in [-0.15, -0.1) is 0 Å². The first-order valence-electron chi connectivity index (χ1n) is 11.8. The highest BCUT2D eigenvalue weighted by molar-refractivity contribution is 5.88. The van der Waals surface area contributed by atoms with Crippen LogP contribution in [0.3, 0.4) is 0 Å². The smallest absolute Gasteiger partial charge is 0.217 e. The Hall–Kier alpha value is -4.16. The van der Waals surface area contributed by atoms with Gasteiger partial charge >= 0.3 is 0 Å². The van der Waals surface area contributed by atoms with Crippen molar-refractivity contribution in [3.63, 3.8) is 0 Å². The molecular formula is C30H30N2O4. The SMILES string of the molecule is CC(=O)NCc1c(C(/C(C=O)=C(\O)[C@@](C)(O)c2ccccc2)c2ccccc2)[nH]c2cc(C)ccc12. The molecule has 3 aromatic carbocycles. The molecule has 2 atom stereocenters. The van der Waals surface area contributed by atoms with E-state index >= 15 is 0 Å². The molecule has 0 saturated carbocycles. The van der Waals surface area contributed by atoms with Crippen LogP contribution < -0.4 is 5.32 Å². The second-order valence-electron chi connectivity index (χ2n) is 9.18. The summed E-state index contributed by atoms with van der Waals surface area (Å²) in [7, 11) is 0. The Morgan fingerprint density at radius 2 is 1.69 bits per heavy atom. The quantitative estimate of drug-likeness (QED) is 0.158. The first-order chi connectivity index (χ1) is 17.2. The van der Waals surface area contributed by atoms with Crippen LogP contribution in [0.25, 0.3) is 10.9 Å². The van der Waals surface area contributed by atoms with Gasteiger partial charge < -0.3 is 20.5 Å². The zero-order valence-corrected chi connectivity index (χ0v) is 20.6. The monoisotopic (exact) mass is 482 g/mol. The van der Waals surface area contributed by atoms with Crippen LogP contribution in [0.5, 0.6) is 0 Å². The standard InChI is InChI=1S/C30H30N2O4/c1-19-14-15-23-24(17-31-20(2)34)28(32-26(23)16-19)27(21-10-6-4-7-11-21)25(18-33)29(35)30(3,36)22-12-8-5-9-13-22/h4-16,18,27,32,35-36H,17H2,1-3H3,(H,31,34)/b29-25-/t27?,30-/m0/s1. The molecule has 1 heterocycles. The first-order valence-corrected chi connectivity index (χ1v) is 11.8. The van der Waals surface area contributed by atoms with Gasteiger partial charge in [0, 0.05) is 41.2 Å². The number of rotatable bonds is 8. The number of hydrogen-bond donors (Lipinski definition) is 4. The number of aldehydes is 1. The van der Waals surface area contributed by atoms with E-state index in [1.807, 2.05) is 61.5 Å². The Balaban J connectivity index is 2.00. The van der Waals surface area contributed by atoms with E-state index in [-0.39, 0.29) is 18.0 Å². The van der Waals surface area contributed by atoms with Crippen LogP contribution in [0.1, 0.15) is 47.7 Å². The molecule has 0 spiro atoms. The van der Waals surface area contributed by atoms with Crippen LogP contribution in [-0.4, -0.2) is 27.4 Å². The third kappa shape index (κ3) is 4.81. The molecule has 0 aliphatic heterocycles. The molecular weight excluding hydrogens is 452 g/mol. The molecule has 0 radical (unpaired) electrons. The Morgan fingerprint density at radius 1 is 1.06 bits per heavy atom. The molecule has 0 aliphatic carbocycles. The van der Waals surface area contributed by atoms with Crippen molar-refractivity contribution < 1.29 is 19.8 Å². The van der Waals surface area contributed by atoms with Crippen LogP contribution in [0.4, 0.5) is 0 Å². The number of allylic oxidation sites excluding steroid dienone is 1. The lowest BCUT2D eigenvalue weighted by molar-refractivity contribution is -0.119. The van der Waals surface area contributed by atoms with Gasteiger partial charge in [-0.05, 0) is 36.6 Å². The number of H-pyrrole nitrogens is 1. The van der Waals surface area contributed by atoms with E-state index in [0.717, 1.165) is 27.6 Å². The maximum atomic E-state index is 12.6. The molecule has 0 fully saturated rings. The van der Waals surface area contributed by atoms with Crippen molar-refractivity contribution >= 4 is 23.1 Å². The minimum atomic E-state index is -1.80. The fourth-order valence-corrected chi connectivity index (χ4v) is 4.63. The van der Waals surface area contributed by atoms with Gasteiger partial charge in [-0.1, -0.05) is 72.8 Å². The van der Waals surface area contributed by atoms with E-state index in [9.17, 15) is 19.8 Å². The number of aliphatic hydroxyl groups excluding tert-OH is 1. The summed E-state index contributed by atoms with van der Waals surface area (Å²) >= 11 is 0. The number of hydrogen-bond acceptors (Lipinski definition) is 4. The number of amides is 1. The summed E-state index contributed by atoms with van der Waals surface area (Å²) in [6.45, 7) is 5.14. The molecule has 6 heteroatoms. The second kappa shape index (κ2) is 10.2. The molecule has 0 aliphatic rings. The summed E-state index contributed by atoms with van der Waals surface area (Å²) in [4.78, 5) is 27.9. The number of nitrogens with one attached hydrogen (secondary N) is 2. The Labute approximate surface area is 210 Å². The third-order valence-corrected chi connectivity index (χ3v) is 6.54. The summed E-state index contributed by atoms with van der Waals surface area (Å²) in [5.41, 5.74) is 2.81. The van der Waals surface area contributed by atoms with Crippen molar-refractivity contribution in [2.45, 2.75) is 38.8 Å². The van der Waals surface area contributed by atoms with E-state index in [2.05, 4.69) is 10.3 Å². The number of aromatic nitrogens is 1. The lowest BCUT2D eigenvalue weighted by atomic mass is 9.82. The van der Waals surface area contributed by atoms with E-state index in [4.69, 9.17) is 0 Å². The Bertz CT molecular complexity index is 1420. The molecule has 36 heavy (non-hydrogen) atoms. The van der Waals surface area contributed by atoms with Crippen LogP contribution in [0.15, 0.2) is 90.2 Å². The van der Waals surface area contributed by atoms with Crippen LogP contribution in [0.2, 0.25) is 0 Å². The summed E-state index contributed by atoms with van der Waals surface area (Å²) < 4.78 is 0. The van der Waals surface area contributed by atoms with E-state index in [1.165, 1.54) is 13.8 Å². The highest BCUT2D eigenvalue weighted by Gasteiger charge is 2.35. The molecule has 4 aromatic rings. The molecule has 4 rings (SSSR count). The molecule has 4 N–H and O–H groups in total. The molecule has 0 saturated heterocycles. The number of fused-ring (bicyclic) bond motifs is 1. The Morgan fingerprint density at radius 3 is 2.31 bits per heavy atom. The number of aryl methyl sites for hydroxylation is 1. The molecule has 184 valence electrons. The van der Waals surface area contributed by atoms with Gasteiger partial charge in [0.05, 0.1) is 5.92 Å². The van der Waals surface area contributed by atoms with Gasteiger partial charge in [-0.3, -0.25) is 9.59 Å². The fourth-order valence-electron chi connectivity index (χ4n) is 4.63. The summed E-state index contributed by atoms with van der Waals surface area (Å²) in [6, 6.07) is 24.0. The highest BCUT2D eigenvalue weighted by atomic mass is 16.3. The molecule has 6 nitrogen and oxygen atoms in total. The van der Waals surface area contributed by atoms with Gasteiger partial charge in [0.15, 0.2) is 6.29 Å². The van der Waals surface area contributed by atoms with Crippen LogP contribution in [0, 0.1) is 6.92 Å². The predicted molar refractivity (Wildman–Crippen MR) is 141 cm³/mol. The normalized spacial score (nSPS) is 14.6. The van der Waals surface area contributed by atoms with Crippen molar-refractivity contribution in [1.82, 2.24) is 10.3 Å². The van der Waals surface area contributed by atoms with E-state index < -0.39 is 17.3 Å². The van der Waals surface area contributed by atoms with Crippen molar-refractivity contribution in [3.05, 3.63) is 118 Å². The highest BCUT2D eigenvalue weighted by Crippen LogP contribution is 2.40. The topological polar surface area (TPSA) is 102 Å².